The van der Waals surface area contributed by atoms with Crippen LogP contribution in [0.15, 0.2) is 106 Å². The molecule has 6 saturated heterocycles. The summed E-state index contributed by atoms with van der Waals surface area (Å²) < 4.78 is 163. The van der Waals surface area contributed by atoms with E-state index in [0.29, 0.717) is 53.1 Å². The predicted octanol–water partition coefficient (Wildman–Crippen LogP) is 13.0. The second-order valence-corrected chi connectivity index (χ2v) is 34.6. The van der Waals surface area contributed by atoms with E-state index in [2.05, 4.69) is 58.1 Å². The largest absolute Gasteiger partial charge is 0.497 e. The molecule has 0 unspecified atom stereocenters. The number of nitrogens with zero attached hydrogens (tertiary/aromatic N) is 11. The van der Waals surface area contributed by atoms with E-state index in [1.54, 1.807) is 44.4 Å². The number of aromatic nitrogens is 6. The molecule has 0 saturated carbocycles. The van der Waals surface area contributed by atoms with Crippen LogP contribution in [0.2, 0.25) is 15.1 Å². The van der Waals surface area contributed by atoms with Gasteiger partial charge in [0.15, 0.2) is 0 Å². The van der Waals surface area contributed by atoms with Crippen LogP contribution in [0.3, 0.4) is 0 Å². The highest BCUT2D eigenvalue weighted by atomic mass is 35.5. The van der Waals surface area contributed by atoms with Crippen molar-refractivity contribution in [3.05, 3.63) is 152 Å². The smallest absolute Gasteiger partial charge is 0.269 e. The average Bonchev–Trinajstić information content (AvgIpc) is 1.70. The summed E-state index contributed by atoms with van der Waals surface area (Å²) in [5.74, 6) is -2.77. The minimum absolute atomic E-state index is 0.0371. The Bertz CT molecular complexity index is 4570. The van der Waals surface area contributed by atoms with Crippen LogP contribution in [0, 0.1) is 37.1 Å². The van der Waals surface area contributed by atoms with Gasteiger partial charge in [0, 0.05) is 76.9 Å². The first-order chi connectivity index (χ1) is 48.7. The van der Waals surface area contributed by atoms with Crippen LogP contribution in [0.25, 0.3) is 0 Å². The number of hydrogen-bond donors (Lipinski definition) is 4. The van der Waals surface area contributed by atoms with E-state index in [0.717, 1.165) is 162 Å². The maximum atomic E-state index is 15.4. The molecule has 6 fully saturated rings. The van der Waals surface area contributed by atoms with E-state index < -0.39 is 73.0 Å². The number of hydrogen-bond acceptors (Lipinski definition) is 23. The highest BCUT2D eigenvalue weighted by Crippen LogP contribution is 2.43. The van der Waals surface area contributed by atoms with Gasteiger partial charge in [-0.2, -0.15) is 13.1 Å². The zero-order chi connectivity index (χ0) is 72.8. The quantitative estimate of drug-likeness (QED) is 0.0362. The molecule has 102 heavy (non-hydrogen) atoms. The molecule has 0 radical (unpaired) electrons. The Kier molecular flexibility index (Phi) is 24.5. The number of rotatable bonds is 22. The Morgan fingerprint density at radius 1 is 0.510 bits per heavy atom. The molecular weight excluding hydrogens is 1510 g/mol. The maximum absolute atomic E-state index is 15.4. The van der Waals surface area contributed by atoms with Crippen molar-refractivity contribution in [2.75, 3.05) is 97.1 Å². The van der Waals surface area contributed by atoms with Gasteiger partial charge in [-0.25, -0.2) is 66.4 Å². The van der Waals surface area contributed by atoms with Crippen molar-refractivity contribution in [3.63, 3.8) is 0 Å². The average molecular weight is 1580 g/mol. The fraction of sp³-hybridized carbons (Fsp3) is 0.455. The van der Waals surface area contributed by atoms with Gasteiger partial charge in [-0.1, -0.05) is 46.9 Å². The van der Waals surface area contributed by atoms with Crippen LogP contribution in [-0.4, -0.2) is 158 Å². The van der Waals surface area contributed by atoms with Gasteiger partial charge in [0.2, 0.25) is 15.4 Å². The van der Waals surface area contributed by atoms with Gasteiger partial charge in [-0.3, -0.25) is 19.4 Å². The monoisotopic (exact) mass is 1580 g/mol. The summed E-state index contributed by atoms with van der Waals surface area (Å²) in [7, 11) is -9.85. The van der Waals surface area contributed by atoms with Gasteiger partial charge < -0.3 is 25.8 Å². The molecule has 6 aliphatic rings. The lowest BCUT2D eigenvalue weighted by atomic mass is 9.94. The first-order valence-electron chi connectivity index (χ1n) is 33.0. The number of nitrogens with one attached hydrogen (secondary N) is 3. The van der Waals surface area contributed by atoms with Crippen molar-refractivity contribution in [2.45, 2.75) is 135 Å². The van der Waals surface area contributed by atoms with Gasteiger partial charge in [-0.15, -0.1) is 0 Å². The molecule has 0 amide bonds. The van der Waals surface area contributed by atoms with Crippen molar-refractivity contribution < 1.29 is 52.3 Å². The fourth-order valence-electron chi connectivity index (χ4n) is 14.5. The maximum Gasteiger partial charge on any atom is 0.269 e. The van der Waals surface area contributed by atoms with Crippen LogP contribution < -0.4 is 39.2 Å². The fourth-order valence-corrected chi connectivity index (χ4v) is 21.5. The summed E-state index contributed by atoms with van der Waals surface area (Å²) in [6.45, 7) is 12.6. The van der Waals surface area contributed by atoms with Crippen molar-refractivity contribution in [3.8, 4) is 11.5 Å². The summed E-state index contributed by atoms with van der Waals surface area (Å²) in [5.41, 5.74) is 10.1. The Morgan fingerprint density at radius 3 is 1.27 bits per heavy atom. The van der Waals surface area contributed by atoms with Crippen molar-refractivity contribution in [1.82, 2.24) is 42.8 Å². The van der Waals surface area contributed by atoms with Crippen molar-refractivity contribution in [2.24, 2.45) is 5.73 Å². The van der Waals surface area contributed by atoms with Gasteiger partial charge >= 0.3 is 0 Å². The summed E-state index contributed by atoms with van der Waals surface area (Å²) in [4.78, 5) is 17.6. The van der Waals surface area contributed by atoms with Crippen LogP contribution in [0.4, 0.5) is 44.3 Å². The molecule has 0 atom stereocenters. The third-order valence-corrected chi connectivity index (χ3v) is 28.0. The van der Waals surface area contributed by atoms with Crippen molar-refractivity contribution >= 4 is 126 Å². The molecule has 0 aliphatic carbocycles. The van der Waals surface area contributed by atoms with Gasteiger partial charge in [0.25, 0.3) is 30.1 Å². The molecular formula is C66H78Cl3F4N15O8S6. The lowest BCUT2D eigenvalue weighted by Gasteiger charge is -2.32. The van der Waals surface area contributed by atoms with E-state index in [1.807, 2.05) is 13.0 Å². The molecule has 550 valence electrons. The van der Waals surface area contributed by atoms with Crippen LogP contribution in [0.5, 0.6) is 11.5 Å². The first-order valence-corrected chi connectivity index (χ1v) is 40.8. The predicted molar refractivity (Wildman–Crippen MR) is 391 cm³/mol. The molecule has 23 nitrogen and oxygen atoms in total. The normalized spacial score (nSPS) is 17.5. The molecule has 6 aliphatic heterocycles. The van der Waals surface area contributed by atoms with Crippen molar-refractivity contribution in [1.29, 1.82) is 0 Å². The summed E-state index contributed by atoms with van der Waals surface area (Å²) in [5, 5.41) is 6.57. The molecule has 0 spiro atoms. The number of benzene rings is 5. The zero-order valence-electron chi connectivity index (χ0n) is 56.3. The molecule has 3 aromatic heterocycles. The number of fused-ring (bicyclic) bond motifs is 3. The standard InChI is InChI=1S/C25H29ClFN5O3S2.C17H14ClF2N3O3S2.C16H19ClFN5O2S2.C8H16N2/c1-17-11-19(35-2)6-5-18(17)14-32(24-29-16-30-36-24)37(33,34)23-12-20(26)22(13-21(23)27)28-15-25-7-3-9-31(25)10-4-8-25;1-10-5-12(26-2)4-3-11(10)8-23(17-21-9-22-27-17)28(24,25)16-6-13(18)14(19)7-15(16)20;17-11-7-14(27(24,25)22-15-20-10-21-26-15)12(18)8-13(11)19-9-16-3-1-5-23(16)6-2-4-16;9-7-8-3-1-5-10(8)6-2-4-8/h5-6,11-13,16,28H,3-4,7-10,14-15H2,1-2H3;3-7,9H,8H2,1-2H3;7-8,10,19H,1-6,9H2,(H,20,21,22);1-7,9H2. The highest BCUT2D eigenvalue weighted by Gasteiger charge is 2.46. The Labute approximate surface area is 618 Å². The van der Waals surface area contributed by atoms with Crippen LogP contribution in [0.1, 0.15) is 99.3 Å². The number of anilines is 5. The summed E-state index contributed by atoms with van der Waals surface area (Å²) in [6.07, 6.45) is 18.2. The SMILES string of the molecule is COc1ccc(CN(c2ncns2)S(=O)(=O)c2cc(Cl)c(F)cc2F)c(C)c1.COc1ccc(CN(c2ncns2)S(=O)(=O)c2cc(Cl)c(NCC34CCCN3CCC4)cc2F)c(C)c1.NCC12CCCN1CCC2.O=S(=O)(Nc1ncns1)c1cc(Cl)c(NCC23CCCN2CCC3)cc1F. The first kappa shape index (κ1) is 76.8. The molecule has 14 rings (SSSR count). The number of ether oxygens (including phenoxy) is 2. The Balaban J connectivity index is 0.000000145. The zero-order valence-corrected chi connectivity index (χ0v) is 63.4. The molecule has 8 aromatic rings. The molecule has 9 heterocycles. The van der Waals surface area contributed by atoms with E-state index in [4.69, 9.17) is 50.0 Å². The third-order valence-electron chi connectivity index (χ3n) is 19.9. The molecule has 5 aromatic carbocycles. The number of nitrogens with two attached hydrogens (primary N) is 1. The lowest BCUT2D eigenvalue weighted by molar-refractivity contribution is 0.204. The number of aryl methyl sites for hydroxylation is 2. The van der Waals surface area contributed by atoms with E-state index in [1.165, 1.54) is 77.0 Å². The second-order valence-electron chi connectivity index (χ2n) is 25.8. The Hall–Kier alpha value is -6.34. The number of halogens is 7. The lowest BCUT2D eigenvalue weighted by Crippen LogP contribution is -2.44. The van der Waals surface area contributed by atoms with E-state index >= 15 is 4.39 Å². The summed E-state index contributed by atoms with van der Waals surface area (Å²) in [6, 6.07) is 16.3. The topological polar surface area (TPSA) is 277 Å². The number of methoxy groups -OCH3 is 2. The molecule has 0 bridgehead atoms. The highest BCUT2D eigenvalue weighted by molar-refractivity contribution is 7.93. The molecule has 36 heteroatoms. The van der Waals surface area contributed by atoms with Gasteiger partial charge in [-0.05, 0) is 207 Å². The minimum atomic E-state index is -4.44. The van der Waals surface area contributed by atoms with Gasteiger partial charge in [0.1, 0.15) is 68.4 Å². The minimum Gasteiger partial charge on any atom is -0.497 e. The summed E-state index contributed by atoms with van der Waals surface area (Å²) >= 11 is 21.1. The van der Waals surface area contributed by atoms with Crippen LogP contribution >= 0.6 is 69.4 Å². The van der Waals surface area contributed by atoms with Gasteiger partial charge in [0.05, 0.1) is 53.8 Å². The Morgan fingerprint density at radius 2 is 0.892 bits per heavy atom. The second kappa shape index (κ2) is 32.6. The van der Waals surface area contributed by atoms with E-state index in [9.17, 15) is 38.4 Å². The number of sulfonamides is 3. The third kappa shape index (κ3) is 16.8. The van der Waals surface area contributed by atoms with Crippen LogP contribution in [-0.2, 0) is 43.2 Å². The molecule has 5 N–H and O–H groups in total. The van der Waals surface area contributed by atoms with E-state index in [-0.39, 0.29) is 49.6 Å².